The number of nitrogens with zero attached hydrogens (tertiary/aromatic N) is 8. The first kappa shape index (κ1) is 42.3. The van der Waals surface area contributed by atoms with Gasteiger partial charge in [0.1, 0.15) is 23.2 Å². The Morgan fingerprint density at radius 2 is 1.63 bits per heavy atom. The van der Waals surface area contributed by atoms with E-state index >= 15 is 0 Å². The van der Waals surface area contributed by atoms with Gasteiger partial charge in [-0.05, 0) is 50.6 Å². The maximum Gasteiger partial charge on any atom is 0.433 e. The van der Waals surface area contributed by atoms with Crippen LogP contribution in [0, 0.1) is 0 Å². The van der Waals surface area contributed by atoms with Gasteiger partial charge in [-0.3, -0.25) is 53.5 Å². The fraction of sp³-hybridized carbons (Fsp3) is 0.429. The number of carbonyl (C=O) groups excluding carboxylic acids is 6. The molecular formula is C42H45F3N10O7. The molecule has 2 aromatic carbocycles. The summed E-state index contributed by atoms with van der Waals surface area (Å²) in [7, 11) is 0. The normalized spacial score (nSPS) is 19.1. The molecule has 6 heterocycles. The minimum atomic E-state index is -4.70. The van der Waals surface area contributed by atoms with Gasteiger partial charge in [0.15, 0.2) is 0 Å². The lowest BCUT2D eigenvalue weighted by Crippen LogP contribution is -2.54. The van der Waals surface area contributed by atoms with Gasteiger partial charge < -0.3 is 19.9 Å². The monoisotopic (exact) mass is 858 g/mol. The molecule has 4 aliphatic rings. The second-order valence-electron chi connectivity index (χ2n) is 16.0. The summed E-state index contributed by atoms with van der Waals surface area (Å²) in [5, 5.41) is 10.3. The lowest BCUT2D eigenvalue weighted by molar-refractivity contribution is -0.141. The van der Waals surface area contributed by atoms with Crippen molar-refractivity contribution >= 4 is 57.7 Å². The van der Waals surface area contributed by atoms with Gasteiger partial charge in [0, 0.05) is 83.0 Å². The Morgan fingerprint density at radius 1 is 0.903 bits per heavy atom. The van der Waals surface area contributed by atoms with Gasteiger partial charge in [-0.25, -0.2) is 4.98 Å². The zero-order valence-corrected chi connectivity index (χ0v) is 34.1. The first-order valence-electron chi connectivity index (χ1n) is 20.5. The summed E-state index contributed by atoms with van der Waals surface area (Å²) >= 11 is 0. The summed E-state index contributed by atoms with van der Waals surface area (Å²) in [6, 6.07) is 10.5. The number of nitrogens with one attached hydrogen (secondary N) is 2. The van der Waals surface area contributed by atoms with E-state index in [-0.39, 0.29) is 53.9 Å². The Kier molecular flexibility index (Phi) is 11.7. The van der Waals surface area contributed by atoms with Crippen molar-refractivity contribution in [2.24, 2.45) is 0 Å². The highest BCUT2D eigenvalue weighted by Crippen LogP contribution is 2.35. The minimum Gasteiger partial charge on any atom is -0.489 e. The molecule has 62 heavy (non-hydrogen) atoms. The van der Waals surface area contributed by atoms with Gasteiger partial charge in [0.25, 0.3) is 17.7 Å². The Balaban J connectivity index is 0.817. The van der Waals surface area contributed by atoms with Crippen LogP contribution < -0.4 is 20.3 Å². The molecule has 4 aliphatic heterocycles. The number of imide groups is 2. The minimum absolute atomic E-state index is 0.0115. The van der Waals surface area contributed by atoms with Gasteiger partial charge in [0.05, 0.1) is 47.2 Å². The molecule has 17 nitrogen and oxygen atoms in total. The van der Waals surface area contributed by atoms with Crippen molar-refractivity contribution in [2.75, 3.05) is 75.7 Å². The van der Waals surface area contributed by atoms with Gasteiger partial charge in [-0.2, -0.15) is 18.3 Å². The molecular weight excluding hydrogens is 814 g/mol. The largest absolute Gasteiger partial charge is 0.489 e. The molecule has 0 saturated carbocycles. The molecule has 3 fully saturated rings. The van der Waals surface area contributed by atoms with Crippen LogP contribution in [0.15, 0.2) is 54.7 Å². The summed E-state index contributed by atoms with van der Waals surface area (Å²) in [6.45, 7) is 9.83. The van der Waals surface area contributed by atoms with Gasteiger partial charge in [0.2, 0.25) is 17.7 Å². The van der Waals surface area contributed by atoms with Crippen molar-refractivity contribution < 1.29 is 46.7 Å². The molecule has 0 radical (unpaired) electrons. The Hall–Kier alpha value is -6.41. The third-order valence-corrected chi connectivity index (χ3v) is 11.4. The molecule has 6 amide bonds. The number of carbonyl (C=O) groups is 6. The van der Waals surface area contributed by atoms with Crippen molar-refractivity contribution in [3.63, 3.8) is 0 Å². The van der Waals surface area contributed by atoms with Crippen LogP contribution in [0.2, 0.25) is 0 Å². The number of rotatable bonds is 11. The molecule has 2 N–H and O–H groups in total. The number of aromatic nitrogens is 3. The number of benzene rings is 2. The fourth-order valence-electron chi connectivity index (χ4n) is 8.24. The van der Waals surface area contributed by atoms with E-state index in [9.17, 15) is 41.9 Å². The van der Waals surface area contributed by atoms with Gasteiger partial charge in [-0.1, -0.05) is 12.1 Å². The number of hydrogen-bond donors (Lipinski definition) is 2. The molecule has 0 bridgehead atoms. The smallest absolute Gasteiger partial charge is 0.433 e. The van der Waals surface area contributed by atoms with Crippen LogP contribution in [0.3, 0.4) is 0 Å². The fourth-order valence-corrected chi connectivity index (χ4v) is 8.24. The number of hydrogen-bond acceptors (Lipinski definition) is 12. The molecule has 1 unspecified atom stereocenters. The highest BCUT2D eigenvalue weighted by atomic mass is 19.4. The highest BCUT2D eigenvalue weighted by Gasteiger charge is 2.46. The molecule has 0 aliphatic carbocycles. The summed E-state index contributed by atoms with van der Waals surface area (Å²) in [5.41, 5.74) is 0.372. The number of fused-ring (bicyclic) bond motifs is 2. The maximum absolute atomic E-state index is 13.6. The number of halogens is 3. The molecule has 8 rings (SSSR count). The lowest BCUT2D eigenvalue weighted by Gasteiger charge is -2.39. The van der Waals surface area contributed by atoms with Crippen molar-refractivity contribution in [2.45, 2.75) is 51.6 Å². The Bertz CT molecular complexity index is 2440. The van der Waals surface area contributed by atoms with Crippen LogP contribution in [0.25, 0.3) is 10.9 Å². The second kappa shape index (κ2) is 17.2. The number of piperidine rings is 1. The molecule has 326 valence electrons. The number of piperazine rings is 2. The number of ether oxygens (including phenoxy) is 1. The zero-order valence-electron chi connectivity index (χ0n) is 34.1. The summed E-state index contributed by atoms with van der Waals surface area (Å²) in [6.07, 6.45) is -3.01. The SMILES string of the molecule is CC(C)Oc1cc2nn(CCN3CCN(CC(=O)N4CCN(c5cccc6c5C(=O)N(C5CCC(=O)NC5=O)C6=O)CC4)CC3)cc2cc1NC(=O)c1cccc(C(F)(F)F)n1. The molecule has 3 saturated heterocycles. The second-order valence-corrected chi connectivity index (χ2v) is 16.0. The zero-order chi connectivity index (χ0) is 43.9. The summed E-state index contributed by atoms with van der Waals surface area (Å²) < 4.78 is 47.4. The quantitative estimate of drug-likeness (QED) is 0.211. The highest BCUT2D eigenvalue weighted by molar-refractivity contribution is 6.25. The third kappa shape index (κ3) is 8.83. The Labute approximate surface area is 353 Å². The van der Waals surface area contributed by atoms with E-state index in [2.05, 4.69) is 25.4 Å². The third-order valence-electron chi connectivity index (χ3n) is 11.4. The predicted octanol–water partition coefficient (Wildman–Crippen LogP) is 2.86. The van der Waals surface area contributed by atoms with E-state index in [0.717, 1.165) is 30.1 Å². The van der Waals surface area contributed by atoms with Crippen LogP contribution in [0.4, 0.5) is 24.5 Å². The van der Waals surface area contributed by atoms with Gasteiger partial charge >= 0.3 is 6.18 Å². The Morgan fingerprint density at radius 3 is 2.34 bits per heavy atom. The number of alkyl halides is 3. The van der Waals surface area contributed by atoms with Crippen LogP contribution in [-0.4, -0.2) is 147 Å². The van der Waals surface area contributed by atoms with Gasteiger partial charge in [-0.15, -0.1) is 0 Å². The summed E-state index contributed by atoms with van der Waals surface area (Å²) in [4.78, 5) is 90.2. The van der Waals surface area contributed by atoms with Crippen LogP contribution >= 0.6 is 0 Å². The van der Waals surface area contributed by atoms with Crippen LogP contribution in [-0.2, 0) is 27.1 Å². The van der Waals surface area contributed by atoms with Crippen molar-refractivity contribution in [3.05, 3.63) is 77.2 Å². The number of amides is 6. The topological polar surface area (TPSA) is 183 Å². The van der Waals surface area contributed by atoms with Crippen molar-refractivity contribution in [3.8, 4) is 5.75 Å². The van der Waals surface area contributed by atoms with Crippen LogP contribution in [0.1, 0.15) is 63.6 Å². The number of pyridine rings is 1. The van der Waals surface area contributed by atoms with Crippen LogP contribution in [0.5, 0.6) is 5.75 Å². The first-order chi connectivity index (χ1) is 29.6. The average molecular weight is 859 g/mol. The molecule has 0 spiro atoms. The molecule has 20 heteroatoms. The number of anilines is 2. The molecule has 2 aromatic heterocycles. The van der Waals surface area contributed by atoms with E-state index in [0.29, 0.717) is 74.7 Å². The van der Waals surface area contributed by atoms with Crippen molar-refractivity contribution in [1.82, 2.24) is 39.7 Å². The van der Waals surface area contributed by atoms with E-state index in [1.165, 1.54) is 6.07 Å². The van der Waals surface area contributed by atoms with E-state index < -0.39 is 47.4 Å². The molecule has 4 aromatic rings. The molecule has 1 atom stereocenters. The van der Waals surface area contributed by atoms with E-state index in [1.54, 1.807) is 35.0 Å². The van der Waals surface area contributed by atoms with Crippen molar-refractivity contribution in [1.29, 1.82) is 0 Å². The predicted molar refractivity (Wildman–Crippen MR) is 217 cm³/mol. The first-order valence-corrected chi connectivity index (χ1v) is 20.5. The average Bonchev–Trinajstić information content (AvgIpc) is 3.76. The van der Waals surface area contributed by atoms with E-state index in [4.69, 9.17) is 9.84 Å². The maximum atomic E-state index is 13.6. The lowest BCUT2D eigenvalue weighted by atomic mass is 10.0. The standard InChI is InChI=1S/C42H45F3N10O7/c1-25(2)62-33-22-29-26(21-30(33)47-38(58)28-6-4-8-34(46-28)42(43,44)45)23-54(49-29)20-15-50-11-13-51(14-12-50)24-36(57)53-18-16-52(17-19-53)31-7-3-5-27-37(31)41(61)55(40(27)60)32-9-10-35(56)48-39(32)59/h3-8,21-23,25,32H,9-20,24H2,1-2H3,(H,47,58)(H,48,56,59). The summed E-state index contributed by atoms with van der Waals surface area (Å²) in [5.74, 6) is -2.70. The van der Waals surface area contributed by atoms with E-state index in [1.807, 2.05) is 29.8 Å².